The maximum atomic E-state index is 5.05. The summed E-state index contributed by atoms with van der Waals surface area (Å²) in [5.41, 5.74) is 14.2. The predicted octanol–water partition coefficient (Wildman–Crippen LogP) is 14.5. The van der Waals surface area contributed by atoms with E-state index in [4.69, 9.17) is 19.9 Å². The third-order valence-corrected chi connectivity index (χ3v) is 12.7. The molecule has 1 atom stereocenters. The van der Waals surface area contributed by atoms with E-state index >= 15 is 0 Å². The number of rotatable bonds is 5. The fraction of sp³-hybridized carbons (Fsp3) is 0.0909. The van der Waals surface area contributed by atoms with Gasteiger partial charge in [-0.05, 0) is 101 Å². The Labute approximate surface area is 355 Å². The topological polar surface area (TPSA) is 51.6 Å². The van der Waals surface area contributed by atoms with Crippen molar-refractivity contribution in [1.29, 1.82) is 0 Å². The van der Waals surface area contributed by atoms with Crippen molar-refractivity contribution in [3.63, 3.8) is 0 Å². The maximum Gasteiger partial charge on any atom is 0.164 e. The number of thioether (sulfide) groups is 1. The van der Waals surface area contributed by atoms with Gasteiger partial charge in [-0.2, -0.15) is 0 Å². The summed E-state index contributed by atoms with van der Waals surface area (Å²) in [5.74, 6) is 1.93. The molecular weight excluding hydrogens is 749 g/mol. The molecule has 0 radical (unpaired) electrons. The van der Waals surface area contributed by atoms with Crippen LogP contribution in [-0.2, 0) is 5.41 Å². The van der Waals surface area contributed by atoms with Crippen LogP contribution in [0.3, 0.4) is 0 Å². The van der Waals surface area contributed by atoms with E-state index in [1.54, 1.807) is 0 Å². The van der Waals surface area contributed by atoms with Crippen LogP contribution in [0.5, 0.6) is 0 Å². The molecule has 0 amide bonds. The molecule has 4 nitrogen and oxygen atoms in total. The van der Waals surface area contributed by atoms with Crippen LogP contribution >= 0.6 is 11.8 Å². The molecule has 0 saturated carbocycles. The first-order valence-corrected chi connectivity index (χ1v) is 21.5. The summed E-state index contributed by atoms with van der Waals surface area (Å²) in [6, 6.07) is 53.6. The monoisotopic (exact) mass is 790 g/mol. The van der Waals surface area contributed by atoms with Crippen molar-refractivity contribution in [1.82, 2.24) is 19.9 Å². The molecule has 5 heteroatoms. The van der Waals surface area contributed by atoms with Gasteiger partial charge in [0.05, 0.1) is 10.9 Å². The van der Waals surface area contributed by atoms with E-state index in [0.717, 1.165) is 62.7 Å². The van der Waals surface area contributed by atoms with Gasteiger partial charge in [0.25, 0.3) is 0 Å². The van der Waals surface area contributed by atoms with Crippen molar-refractivity contribution >= 4 is 22.7 Å². The van der Waals surface area contributed by atoms with Crippen molar-refractivity contribution in [2.45, 2.75) is 32.1 Å². The molecular formula is C55H42N4S. The Bertz CT molecular complexity index is 2970. The number of hydrogen-bond donors (Lipinski definition) is 0. The molecule has 8 aromatic rings. The molecule has 6 aromatic carbocycles. The summed E-state index contributed by atoms with van der Waals surface area (Å²) in [6.45, 7) is 4.34. The molecule has 10 rings (SSSR count). The fourth-order valence-corrected chi connectivity index (χ4v) is 9.80. The second kappa shape index (κ2) is 16.0. The molecule has 1 spiro atoms. The molecule has 0 bridgehead atoms. The number of pyridine rings is 1. The lowest BCUT2D eigenvalue weighted by atomic mass is 9.70. The van der Waals surface area contributed by atoms with Crippen molar-refractivity contribution in [2.75, 3.05) is 0 Å². The highest BCUT2D eigenvalue weighted by molar-refractivity contribution is 8.06. The van der Waals surface area contributed by atoms with E-state index in [2.05, 4.69) is 135 Å². The van der Waals surface area contributed by atoms with Gasteiger partial charge in [0.15, 0.2) is 17.5 Å². The number of nitrogens with zero attached hydrogens (tertiary/aromatic N) is 4. The Morgan fingerprint density at radius 3 is 1.78 bits per heavy atom. The minimum absolute atomic E-state index is 0.470. The van der Waals surface area contributed by atoms with Gasteiger partial charge in [0.2, 0.25) is 0 Å². The average Bonchev–Trinajstić information content (AvgIpc) is 3.59. The lowest BCUT2D eigenvalue weighted by Crippen LogP contribution is -2.26. The van der Waals surface area contributed by atoms with Crippen LogP contribution in [-0.4, -0.2) is 19.9 Å². The minimum Gasteiger partial charge on any atom is -0.256 e. The van der Waals surface area contributed by atoms with Crippen LogP contribution in [0.2, 0.25) is 0 Å². The van der Waals surface area contributed by atoms with E-state index in [1.807, 2.05) is 84.7 Å². The van der Waals surface area contributed by atoms with E-state index in [9.17, 15) is 0 Å². The minimum atomic E-state index is -0.470. The molecule has 0 saturated heterocycles. The van der Waals surface area contributed by atoms with Gasteiger partial charge in [0.1, 0.15) is 0 Å². The number of benzene rings is 6. The van der Waals surface area contributed by atoms with Gasteiger partial charge in [-0.3, -0.25) is 4.98 Å². The highest BCUT2D eigenvalue weighted by Crippen LogP contribution is 2.58. The fourth-order valence-electron chi connectivity index (χ4n) is 8.88. The summed E-state index contributed by atoms with van der Waals surface area (Å²) in [7, 11) is 0. The molecule has 1 aliphatic heterocycles. The van der Waals surface area contributed by atoms with Gasteiger partial charge in [0, 0.05) is 38.7 Å². The SMILES string of the molecule is C/C=C1\C(=C/C)S/C=C/CC/C=C/C12c1ccc(-c3cccc(-c4nc(-c5ccccc5)nc(-c5ccccc5)n4)c3)cc1-c1cc(-c3cccc4cccnc34)ccc12. The van der Waals surface area contributed by atoms with Crippen LogP contribution in [0.4, 0.5) is 0 Å². The summed E-state index contributed by atoms with van der Waals surface area (Å²) in [5, 5.41) is 3.39. The number of aromatic nitrogens is 4. The Hall–Kier alpha value is -6.95. The third kappa shape index (κ3) is 6.61. The van der Waals surface area contributed by atoms with Crippen LogP contribution in [0.15, 0.2) is 204 Å². The van der Waals surface area contributed by atoms with Crippen LogP contribution < -0.4 is 0 Å². The highest BCUT2D eigenvalue weighted by Gasteiger charge is 2.45. The number of para-hydroxylation sites is 1. The van der Waals surface area contributed by atoms with E-state index in [1.165, 1.54) is 32.7 Å². The molecule has 2 aliphatic rings. The summed E-state index contributed by atoms with van der Waals surface area (Å²) in [6.07, 6.45) is 15.6. The summed E-state index contributed by atoms with van der Waals surface area (Å²) < 4.78 is 0. The lowest BCUT2D eigenvalue weighted by molar-refractivity contribution is 0.790. The Balaban J connectivity index is 1.16. The summed E-state index contributed by atoms with van der Waals surface area (Å²) in [4.78, 5) is 21.1. The first-order chi connectivity index (χ1) is 29.6. The standard InChI is InChI=1S/C55H42N4S/c1-3-47-50(4-2)60-33-14-6-5-13-31-55(47)48-29-27-41(35-45(48)46-36-42(28-30-49(46)55)44-26-16-22-37-25-17-32-56-51(37)44)40-23-15-24-43(34-40)54-58-52(38-18-9-7-10-19-38)57-53(59-54)39-20-11-8-12-21-39/h3-4,7-36H,5-6H2,1-2H3/b31-13+,33-14+,47-3+,50-4+. The Kier molecular flexibility index (Phi) is 9.96. The smallest absolute Gasteiger partial charge is 0.164 e. The van der Waals surface area contributed by atoms with Gasteiger partial charge >= 0.3 is 0 Å². The maximum absolute atomic E-state index is 5.05. The Morgan fingerprint density at radius 1 is 0.500 bits per heavy atom. The first-order valence-electron chi connectivity index (χ1n) is 20.6. The average molecular weight is 791 g/mol. The molecule has 60 heavy (non-hydrogen) atoms. The van der Waals surface area contributed by atoms with Gasteiger partial charge in [-0.1, -0.05) is 170 Å². The number of fused-ring (bicyclic) bond motifs is 6. The van der Waals surface area contributed by atoms with Gasteiger partial charge in [-0.15, -0.1) is 0 Å². The summed E-state index contributed by atoms with van der Waals surface area (Å²) >= 11 is 1.82. The second-order valence-electron chi connectivity index (χ2n) is 15.2. The molecule has 0 N–H and O–H groups in total. The predicted molar refractivity (Wildman–Crippen MR) is 251 cm³/mol. The zero-order chi connectivity index (χ0) is 40.5. The van der Waals surface area contributed by atoms with Crippen LogP contribution in [0.1, 0.15) is 37.8 Å². The van der Waals surface area contributed by atoms with Gasteiger partial charge in [-0.25, -0.2) is 15.0 Å². The third-order valence-electron chi connectivity index (χ3n) is 11.7. The molecule has 1 aliphatic carbocycles. The molecule has 2 aromatic heterocycles. The van der Waals surface area contributed by atoms with Crippen molar-refractivity contribution in [2.24, 2.45) is 0 Å². The van der Waals surface area contributed by atoms with E-state index in [0.29, 0.717) is 17.5 Å². The molecule has 3 heterocycles. The zero-order valence-corrected chi connectivity index (χ0v) is 34.4. The second-order valence-corrected chi connectivity index (χ2v) is 16.1. The molecule has 288 valence electrons. The highest BCUT2D eigenvalue weighted by atomic mass is 32.2. The van der Waals surface area contributed by atoms with E-state index < -0.39 is 5.41 Å². The van der Waals surface area contributed by atoms with Crippen LogP contribution in [0, 0.1) is 0 Å². The first kappa shape index (κ1) is 37.3. The normalized spacial score (nSPS) is 18.4. The quantitative estimate of drug-likeness (QED) is 0.163. The zero-order valence-electron chi connectivity index (χ0n) is 33.6. The van der Waals surface area contributed by atoms with Crippen molar-refractivity contribution in [3.05, 3.63) is 215 Å². The van der Waals surface area contributed by atoms with Gasteiger partial charge < -0.3 is 0 Å². The lowest BCUT2D eigenvalue weighted by Gasteiger charge is -2.34. The molecule has 0 fully saturated rings. The number of hydrogen-bond acceptors (Lipinski definition) is 5. The van der Waals surface area contributed by atoms with Crippen molar-refractivity contribution < 1.29 is 0 Å². The van der Waals surface area contributed by atoms with Crippen LogP contribution in [0.25, 0.3) is 78.4 Å². The number of allylic oxidation sites excluding steroid dienone is 6. The van der Waals surface area contributed by atoms with E-state index in [-0.39, 0.29) is 0 Å². The molecule has 1 unspecified atom stereocenters. The largest absolute Gasteiger partial charge is 0.256 e. The Morgan fingerprint density at radius 2 is 1.08 bits per heavy atom. The van der Waals surface area contributed by atoms with Crippen molar-refractivity contribution in [3.8, 4) is 67.5 Å².